The van der Waals surface area contributed by atoms with Gasteiger partial charge in [0.05, 0.1) is 5.69 Å². The van der Waals surface area contributed by atoms with E-state index >= 15 is 0 Å². The molecule has 1 amide bonds. The van der Waals surface area contributed by atoms with E-state index < -0.39 is 0 Å². The maximum Gasteiger partial charge on any atom is 0.251 e. The maximum atomic E-state index is 12.6. The van der Waals surface area contributed by atoms with Crippen LogP contribution in [0.4, 0.5) is 5.82 Å². The topological polar surface area (TPSA) is 61.4 Å². The Kier molecular flexibility index (Phi) is 6.17. The number of nitrogens with one attached hydrogen (secondary N) is 1. The van der Waals surface area contributed by atoms with E-state index in [2.05, 4.69) is 25.1 Å². The number of rotatable bonds is 6. The highest BCUT2D eigenvalue weighted by Gasteiger charge is 2.15. The molecule has 0 radical (unpaired) electrons. The van der Waals surface area contributed by atoms with E-state index in [1.807, 2.05) is 30.3 Å². The molecule has 2 aliphatic heterocycles. The van der Waals surface area contributed by atoms with Crippen molar-refractivity contribution in [1.82, 2.24) is 20.2 Å². The van der Waals surface area contributed by atoms with E-state index in [0.29, 0.717) is 12.1 Å². The summed E-state index contributed by atoms with van der Waals surface area (Å²) in [6.07, 6.45) is 7.92. The lowest BCUT2D eigenvalue weighted by Crippen LogP contribution is -2.37. The van der Waals surface area contributed by atoms with E-state index in [4.69, 9.17) is 0 Å². The summed E-state index contributed by atoms with van der Waals surface area (Å²) in [5.41, 5.74) is 2.49. The number of anilines is 1. The lowest BCUT2D eigenvalue weighted by atomic mass is 10.1. The van der Waals surface area contributed by atoms with Gasteiger partial charge in [-0.1, -0.05) is 18.6 Å². The van der Waals surface area contributed by atoms with Gasteiger partial charge in [-0.05, 0) is 50.9 Å². The number of hydrogen-bond donors (Lipinski definition) is 1. The molecule has 28 heavy (non-hydrogen) atoms. The Morgan fingerprint density at radius 2 is 1.75 bits per heavy atom. The van der Waals surface area contributed by atoms with Gasteiger partial charge in [-0.25, -0.2) is 9.97 Å². The molecule has 4 rings (SSSR count). The average Bonchev–Trinajstić information content (AvgIpc) is 3.30. The quantitative estimate of drug-likeness (QED) is 0.836. The van der Waals surface area contributed by atoms with Crippen molar-refractivity contribution >= 4 is 11.7 Å². The highest BCUT2D eigenvalue weighted by molar-refractivity contribution is 5.95. The zero-order valence-corrected chi connectivity index (χ0v) is 16.4. The summed E-state index contributed by atoms with van der Waals surface area (Å²) in [5, 5.41) is 3.06. The van der Waals surface area contributed by atoms with Crippen LogP contribution in [0.25, 0.3) is 11.3 Å². The minimum Gasteiger partial charge on any atom is -0.357 e. The van der Waals surface area contributed by atoms with Crippen LogP contribution in [0.2, 0.25) is 0 Å². The van der Waals surface area contributed by atoms with Crippen molar-refractivity contribution < 1.29 is 4.79 Å². The first-order valence-electron chi connectivity index (χ1n) is 10.5. The molecule has 0 unspecified atom stereocenters. The van der Waals surface area contributed by atoms with Gasteiger partial charge in [0, 0.05) is 43.4 Å². The van der Waals surface area contributed by atoms with Crippen LogP contribution in [-0.4, -0.2) is 60.0 Å². The third-order valence-electron chi connectivity index (χ3n) is 5.67. The first-order chi connectivity index (χ1) is 13.8. The van der Waals surface area contributed by atoms with E-state index in [1.165, 1.54) is 32.1 Å². The summed E-state index contributed by atoms with van der Waals surface area (Å²) in [4.78, 5) is 26.1. The monoisotopic (exact) mass is 379 g/mol. The predicted octanol–water partition coefficient (Wildman–Crippen LogP) is 2.96. The first-order valence-corrected chi connectivity index (χ1v) is 10.5. The largest absolute Gasteiger partial charge is 0.357 e. The van der Waals surface area contributed by atoms with Crippen LogP contribution in [0.3, 0.4) is 0 Å². The molecule has 0 spiro atoms. The van der Waals surface area contributed by atoms with E-state index in [9.17, 15) is 4.79 Å². The number of carbonyl (C=O) groups is 1. The first kappa shape index (κ1) is 18.9. The maximum absolute atomic E-state index is 12.6. The number of hydrogen-bond acceptors (Lipinski definition) is 5. The molecule has 1 aromatic carbocycles. The normalized spacial score (nSPS) is 17.6. The molecule has 0 aliphatic carbocycles. The molecule has 0 bridgehead atoms. The van der Waals surface area contributed by atoms with Gasteiger partial charge in [-0.2, -0.15) is 0 Å². The summed E-state index contributed by atoms with van der Waals surface area (Å²) < 4.78 is 0. The Labute approximate surface area is 167 Å². The van der Waals surface area contributed by atoms with Gasteiger partial charge >= 0.3 is 0 Å². The van der Waals surface area contributed by atoms with Crippen LogP contribution in [0, 0.1) is 0 Å². The summed E-state index contributed by atoms with van der Waals surface area (Å²) in [6, 6.07) is 9.74. The Morgan fingerprint density at radius 1 is 0.964 bits per heavy atom. The van der Waals surface area contributed by atoms with Gasteiger partial charge in [0.25, 0.3) is 5.91 Å². The highest BCUT2D eigenvalue weighted by Crippen LogP contribution is 2.24. The molecule has 1 aromatic heterocycles. The third-order valence-corrected chi connectivity index (χ3v) is 5.67. The van der Waals surface area contributed by atoms with Crippen molar-refractivity contribution in [3.8, 4) is 11.3 Å². The Bertz CT molecular complexity index is 797. The number of benzene rings is 1. The molecule has 148 valence electrons. The van der Waals surface area contributed by atoms with Crippen molar-refractivity contribution in [2.45, 2.75) is 32.1 Å². The van der Waals surface area contributed by atoms with Gasteiger partial charge in [-0.15, -0.1) is 0 Å². The van der Waals surface area contributed by atoms with Crippen LogP contribution in [-0.2, 0) is 0 Å². The molecule has 2 fully saturated rings. The van der Waals surface area contributed by atoms with E-state index in [-0.39, 0.29) is 5.91 Å². The fourth-order valence-corrected chi connectivity index (χ4v) is 4.06. The number of nitrogens with zero attached hydrogens (tertiary/aromatic N) is 4. The van der Waals surface area contributed by atoms with Crippen LogP contribution in [0.5, 0.6) is 0 Å². The second kappa shape index (κ2) is 9.15. The lowest BCUT2D eigenvalue weighted by molar-refractivity contribution is 0.0946. The SMILES string of the molecule is O=C(NCCN1CCCCC1)c1cccc(-c2cc(N3CCCC3)ncn2)c1. The van der Waals surface area contributed by atoms with Crippen molar-refractivity contribution in [2.75, 3.05) is 44.2 Å². The number of amides is 1. The van der Waals surface area contributed by atoms with Crippen LogP contribution in [0.1, 0.15) is 42.5 Å². The minimum atomic E-state index is -0.0207. The van der Waals surface area contributed by atoms with Gasteiger partial charge in [-0.3, -0.25) is 4.79 Å². The molecule has 2 saturated heterocycles. The molecular weight excluding hydrogens is 350 g/mol. The molecule has 0 atom stereocenters. The second-order valence-corrected chi connectivity index (χ2v) is 7.69. The summed E-state index contributed by atoms with van der Waals surface area (Å²) >= 11 is 0. The van der Waals surface area contributed by atoms with E-state index in [1.54, 1.807) is 6.33 Å². The van der Waals surface area contributed by atoms with Gasteiger partial charge in [0.2, 0.25) is 0 Å². The van der Waals surface area contributed by atoms with Gasteiger partial charge in [0.15, 0.2) is 0 Å². The van der Waals surface area contributed by atoms with Crippen LogP contribution < -0.4 is 10.2 Å². The number of piperidine rings is 1. The number of likely N-dealkylation sites (tertiary alicyclic amines) is 1. The molecule has 0 saturated carbocycles. The smallest absolute Gasteiger partial charge is 0.251 e. The molecule has 2 aromatic rings. The van der Waals surface area contributed by atoms with Crippen LogP contribution >= 0.6 is 0 Å². The standard InChI is InChI=1S/C22H29N5O/c28-22(23-9-14-26-10-2-1-3-11-26)19-8-6-7-18(15-19)20-16-21(25-17-24-20)27-12-4-5-13-27/h6-8,15-17H,1-5,9-14H2,(H,23,28). The molecule has 6 nitrogen and oxygen atoms in total. The summed E-state index contributed by atoms with van der Waals surface area (Å²) in [5.74, 6) is 0.951. The van der Waals surface area contributed by atoms with Gasteiger partial charge in [0.1, 0.15) is 12.1 Å². The van der Waals surface area contributed by atoms with Crippen molar-refractivity contribution in [3.63, 3.8) is 0 Å². The van der Waals surface area contributed by atoms with Crippen LogP contribution in [0.15, 0.2) is 36.7 Å². The predicted molar refractivity (Wildman–Crippen MR) is 112 cm³/mol. The molecular formula is C22H29N5O. The zero-order valence-electron chi connectivity index (χ0n) is 16.4. The Hall–Kier alpha value is -2.47. The lowest BCUT2D eigenvalue weighted by Gasteiger charge is -2.26. The van der Waals surface area contributed by atoms with Crippen molar-refractivity contribution in [2.24, 2.45) is 0 Å². The van der Waals surface area contributed by atoms with E-state index in [0.717, 1.165) is 49.8 Å². The Morgan fingerprint density at radius 3 is 2.57 bits per heavy atom. The zero-order chi connectivity index (χ0) is 19.2. The molecule has 2 aliphatic rings. The minimum absolute atomic E-state index is 0.0207. The summed E-state index contributed by atoms with van der Waals surface area (Å²) in [7, 11) is 0. The molecule has 6 heteroatoms. The second-order valence-electron chi connectivity index (χ2n) is 7.69. The number of carbonyl (C=O) groups excluding carboxylic acids is 1. The van der Waals surface area contributed by atoms with Crippen molar-refractivity contribution in [1.29, 1.82) is 0 Å². The van der Waals surface area contributed by atoms with Gasteiger partial charge < -0.3 is 15.1 Å². The summed E-state index contributed by atoms with van der Waals surface area (Å²) in [6.45, 7) is 6.02. The fourth-order valence-electron chi connectivity index (χ4n) is 4.06. The molecule has 3 heterocycles. The fraction of sp³-hybridized carbons (Fsp3) is 0.500. The average molecular weight is 380 g/mol. The highest BCUT2D eigenvalue weighted by atomic mass is 16.1. The number of aromatic nitrogens is 2. The Balaban J connectivity index is 1.39. The molecule has 1 N–H and O–H groups in total. The van der Waals surface area contributed by atoms with Crippen molar-refractivity contribution in [3.05, 3.63) is 42.2 Å². The third kappa shape index (κ3) is 4.68.